The molecule has 4 atom stereocenters. The molecule has 0 radical (unpaired) electrons. The first kappa shape index (κ1) is 20.8. The summed E-state index contributed by atoms with van der Waals surface area (Å²) in [6.07, 6.45) is 5.33. The van der Waals surface area contributed by atoms with Gasteiger partial charge in [0, 0.05) is 35.6 Å². The topological polar surface area (TPSA) is 63.7 Å². The molecule has 1 N–H and O–H groups in total. The van der Waals surface area contributed by atoms with Crippen molar-refractivity contribution in [3.63, 3.8) is 0 Å². The number of methoxy groups -OCH3 is 1. The Hall–Kier alpha value is -2.12. The highest BCUT2D eigenvalue weighted by molar-refractivity contribution is 7.14. The van der Waals surface area contributed by atoms with Crippen LogP contribution in [0.3, 0.4) is 0 Å². The molecular formula is C24H31N3O3S. The lowest BCUT2D eigenvalue weighted by Crippen LogP contribution is -2.40. The molecule has 3 aliphatic rings. The maximum absolute atomic E-state index is 13.1. The van der Waals surface area contributed by atoms with Gasteiger partial charge in [-0.2, -0.15) is 0 Å². The van der Waals surface area contributed by atoms with Gasteiger partial charge in [0.1, 0.15) is 5.75 Å². The average molecular weight is 442 g/mol. The van der Waals surface area contributed by atoms with Gasteiger partial charge in [-0.05, 0) is 62.1 Å². The summed E-state index contributed by atoms with van der Waals surface area (Å²) >= 11 is 1.62. The number of morpholine rings is 1. The summed E-state index contributed by atoms with van der Waals surface area (Å²) in [6.45, 7) is 5.34. The standard InChI is InChI=1S/C24H31N3O3S/c1-15(19-12-16-3-4-17(19)11-16)25-23(28)18-5-6-22(29-2)20(13-18)21-14-31-24(26-21)27-7-9-30-10-8-27/h5-6,13-17,19H,3-4,7-12H2,1-2H3,(H,25,28). The number of nitrogens with zero attached hydrogens (tertiary/aromatic N) is 2. The first-order valence-electron chi connectivity index (χ1n) is 11.4. The normalized spacial score (nSPS) is 26.1. The molecule has 166 valence electrons. The maximum Gasteiger partial charge on any atom is 0.251 e. The van der Waals surface area contributed by atoms with Gasteiger partial charge in [0.2, 0.25) is 0 Å². The third kappa shape index (κ3) is 4.17. The molecule has 2 bridgehead atoms. The van der Waals surface area contributed by atoms with E-state index in [-0.39, 0.29) is 11.9 Å². The third-order valence-electron chi connectivity index (χ3n) is 7.31. The number of carbonyl (C=O) groups excluding carboxylic acids is 1. The Morgan fingerprint density at radius 2 is 2.13 bits per heavy atom. The van der Waals surface area contributed by atoms with Crippen molar-refractivity contribution in [1.29, 1.82) is 0 Å². The van der Waals surface area contributed by atoms with Crippen molar-refractivity contribution >= 4 is 22.4 Å². The number of rotatable bonds is 6. The van der Waals surface area contributed by atoms with Crippen LogP contribution >= 0.6 is 11.3 Å². The van der Waals surface area contributed by atoms with E-state index in [1.54, 1.807) is 18.4 Å². The Balaban J connectivity index is 1.33. The molecule has 1 aliphatic heterocycles. The van der Waals surface area contributed by atoms with Crippen LogP contribution < -0.4 is 15.0 Å². The number of thiazole rings is 1. The Morgan fingerprint density at radius 1 is 1.29 bits per heavy atom. The van der Waals surface area contributed by atoms with Gasteiger partial charge in [-0.15, -0.1) is 11.3 Å². The summed E-state index contributed by atoms with van der Waals surface area (Å²) in [5.74, 6) is 3.02. The molecule has 4 unspecified atom stereocenters. The van der Waals surface area contributed by atoms with Crippen molar-refractivity contribution in [1.82, 2.24) is 10.3 Å². The number of carbonyl (C=O) groups is 1. The van der Waals surface area contributed by atoms with Gasteiger partial charge in [0.05, 0.1) is 26.0 Å². The van der Waals surface area contributed by atoms with E-state index in [9.17, 15) is 4.79 Å². The van der Waals surface area contributed by atoms with Crippen molar-refractivity contribution in [3.8, 4) is 17.0 Å². The van der Waals surface area contributed by atoms with E-state index in [1.165, 1.54) is 25.7 Å². The fourth-order valence-electron chi connectivity index (χ4n) is 5.64. The summed E-state index contributed by atoms with van der Waals surface area (Å²) in [4.78, 5) is 20.1. The minimum absolute atomic E-state index is 0.0113. The first-order valence-corrected chi connectivity index (χ1v) is 12.3. The van der Waals surface area contributed by atoms with E-state index in [1.807, 2.05) is 23.6 Å². The fourth-order valence-corrected chi connectivity index (χ4v) is 6.52. The maximum atomic E-state index is 13.1. The molecule has 1 aromatic heterocycles. The van der Waals surface area contributed by atoms with E-state index >= 15 is 0 Å². The molecule has 2 aromatic rings. The number of fused-ring (bicyclic) bond motifs is 2. The number of benzene rings is 1. The summed E-state index contributed by atoms with van der Waals surface area (Å²) in [7, 11) is 1.66. The smallest absolute Gasteiger partial charge is 0.251 e. The molecule has 2 heterocycles. The van der Waals surface area contributed by atoms with Crippen LogP contribution in [0.5, 0.6) is 5.75 Å². The van der Waals surface area contributed by atoms with E-state index in [4.69, 9.17) is 14.5 Å². The number of ether oxygens (including phenoxy) is 2. The SMILES string of the molecule is COc1ccc(C(=O)NC(C)C2CC3CCC2C3)cc1-c1csc(N2CCOCC2)n1. The van der Waals surface area contributed by atoms with Gasteiger partial charge in [-0.25, -0.2) is 4.98 Å². The molecule has 0 spiro atoms. The lowest BCUT2D eigenvalue weighted by Gasteiger charge is -2.28. The van der Waals surface area contributed by atoms with E-state index in [2.05, 4.69) is 17.1 Å². The van der Waals surface area contributed by atoms with Crippen molar-refractivity contribution in [2.75, 3.05) is 38.3 Å². The molecule has 31 heavy (non-hydrogen) atoms. The first-order chi connectivity index (χ1) is 15.1. The number of aromatic nitrogens is 1. The molecule has 3 fully saturated rings. The van der Waals surface area contributed by atoms with Crippen LogP contribution in [0.4, 0.5) is 5.13 Å². The summed E-state index contributed by atoms with van der Waals surface area (Å²) in [5, 5.41) is 6.31. The molecule has 1 saturated heterocycles. The third-order valence-corrected chi connectivity index (χ3v) is 8.21. The molecule has 1 amide bonds. The van der Waals surface area contributed by atoms with Gasteiger partial charge >= 0.3 is 0 Å². The number of hydrogen-bond acceptors (Lipinski definition) is 6. The number of amides is 1. The van der Waals surface area contributed by atoms with E-state index in [0.29, 0.717) is 11.5 Å². The van der Waals surface area contributed by atoms with Crippen LogP contribution in [0.15, 0.2) is 23.6 Å². The second kappa shape index (κ2) is 8.79. The second-order valence-corrected chi connectivity index (χ2v) is 9.97. The Kier molecular flexibility index (Phi) is 5.89. The van der Waals surface area contributed by atoms with Crippen molar-refractivity contribution in [3.05, 3.63) is 29.1 Å². The van der Waals surface area contributed by atoms with Gasteiger partial charge in [0.15, 0.2) is 5.13 Å². The van der Waals surface area contributed by atoms with E-state index < -0.39 is 0 Å². The zero-order valence-electron chi connectivity index (χ0n) is 18.3. The van der Waals surface area contributed by atoms with Gasteiger partial charge in [-0.1, -0.05) is 6.42 Å². The monoisotopic (exact) mass is 441 g/mol. The van der Waals surface area contributed by atoms with Gasteiger partial charge in [0.25, 0.3) is 5.91 Å². The molecule has 2 saturated carbocycles. The van der Waals surface area contributed by atoms with Crippen molar-refractivity contribution < 1.29 is 14.3 Å². The minimum Gasteiger partial charge on any atom is -0.496 e. The van der Waals surface area contributed by atoms with Crippen LogP contribution in [0, 0.1) is 17.8 Å². The Morgan fingerprint density at radius 3 is 2.84 bits per heavy atom. The zero-order valence-corrected chi connectivity index (χ0v) is 19.1. The van der Waals surface area contributed by atoms with Crippen LogP contribution in [0.25, 0.3) is 11.3 Å². The lowest BCUT2D eigenvalue weighted by atomic mass is 9.84. The highest BCUT2D eigenvalue weighted by atomic mass is 32.1. The van der Waals surface area contributed by atoms with Crippen LogP contribution in [-0.2, 0) is 4.74 Å². The summed E-state index contributed by atoms with van der Waals surface area (Å²) < 4.78 is 11.0. The van der Waals surface area contributed by atoms with Crippen LogP contribution in [0.2, 0.25) is 0 Å². The predicted molar refractivity (Wildman–Crippen MR) is 123 cm³/mol. The van der Waals surface area contributed by atoms with Crippen LogP contribution in [-0.4, -0.2) is 50.3 Å². The number of anilines is 1. The van der Waals surface area contributed by atoms with Gasteiger partial charge < -0.3 is 19.7 Å². The van der Waals surface area contributed by atoms with Gasteiger partial charge in [-0.3, -0.25) is 4.79 Å². The van der Waals surface area contributed by atoms with Crippen LogP contribution in [0.1, 0.15) is 43.0 Å². The zero-order chi connectivity index (χ0) is 21.4. The minimum atomic E-state index is -0.0113. The molecule has 7 heteroatoms. The molecule has 2 aliphatic carbocycles. The molecule has 1 aromatic carbocycles. The summed E-state index contributed by atoms with van der Waals surface area (Å²) in [5.41, 5.74) is 2.37. The molecule has 5 rings (SSSR count). The largest absolute Gasteiger partial charge is 0.496 e. The Labute approximate surface area is 188 Å². The average Bonchev–Trinajstić information content (AvgIpc) is 3.56. The number of hydrogen-bond donors (Lipinski definition) is 1. The fraction of sp³-hybridized carbons (Fsp3) is 0.583. The Bertz CT molecular complexity index is 940. The van der Waals surface area contributed by atoms with E-state index in [0.717, 1.165) is 60.3 Å². The highest BCUT2D eigenvalue weighted by Crippen LogP contribution is 2.49. The second-order valence-electron chi connectivity index (χ2n) is 9.13. The molecular weight excluding hydrogens is 410 g/mol. The van der Waals surface area contributed by atoms with Crippen molar-refractivity contribution in [2.45, 2.75) is 38.6 Å². The quantitative estimate of drug-likeness (QED) is 0.728. The number of nitrogens with one attached hydrogen (secondary N) is 1. The van der Waals surface area contributed by atoms with Crippen molar-refractivity contribution in [2.24, 2.45) is 17.8 Å². The lowest BCUT2D eigenvalue weighted by molar-refractivity contribution is 0.0915. The highest BCUT2D eigenvalue weighted by Gasteiger charge is 2.42. The molecule has 6 nitrogen and oxygen atoms in total. The predicted octanol–water partition coefficient (Wildman–Crippen LogP) is 4.21. The summed E-state index contributed by atoms with van der Waals surface area (Å²) in [6, 6.07) is 5.85.